The second kappa shape index (κ2) is 6.56. The van der Waals surface area contributed by atoms with Gasteiger partial charge in [-0.2, -0.15) is 5.26 Å². The first-order chi connectivity index (χ1) is 9.53. The second-order valence-corrected chi connectivity index (χ2v) is 8.94. The molecule has 0 aromatic carbocycles. The lowest BCUT2D eigenvalue weighted by Crippen LogP contribution is -2.38. The summed E-state index contributed by atoms with van der Waals surface area (Å²) >= 11 is 0.860. The third-order valence-corrected chi connectivity index (χ3v) is 5.56. The number of carbonyl (C=O) groups is 1. The molecule has 0 aliphatic carbocycles. The van der Waals surface area contributed by atoms with Crippen LogP contribution in [-0.4, -0.2) is 25.5 Å². The molecule has 21 heavy (non-hydrogen) atoms. The van der Waals surface area contributed by atoms with Gasteiger partial charge in [-0.1, -0.05) is 20.8 Å². The van der Waals surface area contributed by atoms with Crippen LogP contribution in [0.3, 0.4) is 0 Å². The molecule has 1 aromatic heterocycles. The molecule has 1 unspecified atom stereocenters. The number of hydrogen-bond donors (Lipinski definition) is 2. The summed E-state index contributed by atoms with van der Waals surface area (Å²) in [7, 11) is -3.81. The average Bonchev–Trinajstić information content (AvgIpc) is 2.73. The van der Waals surface area contributed by atoms with Gasteiger partial charge in [0.1, 0.15) is 15.2 Å². The van der Waals surface area contributed by atoms with Crippen molar-refractivity contribution in [1.82, 2.24) is 4.72 Å². The first-order valence-electron chi connectivity index (χ1n) is 6.27. The quantitative estimate of drug-likeness (QED) is 0.831. The van der Waals surface area contributed by atoms with Crippen LogP contribution in [0.4, 0.5) is 0 Å². The summed E-state index contributed by atoms with van der Waals surface area (Å²) in [6.07, 6.45) is 0.113. The maximum absolute atomic E-state index is 12.2. The minimum Gasteiger partial charge on any atom is -0.481 e. The predicted octanol–water partition coefficient (Wildman–Crippen LogP) is 2.18. The number of rotatable bonds is 6. The highest BCUT2D eigenvalue weighted by molar-refractivity contribution is 7.91. The van der Waals surface area contributed by atoms with Crippen LogP contribution in [0, 0.1) is 16.7 Å². The maximum atomic E-state index is 12.2. The Hall–Kier alpha value is -1.43. The highest BCUT2D eigenvalue weighted by atomic mass is 32.2. The van der Waals surface area contributed by atoms with Crippen LogP contribution in [-0.2, 0) is 14.8 Å². The number of hydrogen-bond acceptors (Lipinski definition) is 5. The van der Waals surface area contributed by atoms with Crippen LogP contribution in [0.2, 0.25) is 0 Å². The van der Waals surface area contributed by atoms with Crippen LogP contribution in [0.1, 0.15) is 38.5 Å². The first kappa shape index (κ1) is 17.6. The number of aliphatic carboxylic acids is 1. The van der Waals surface area contributed by atoms with E-state index in [1.54, 1.807) is 0 Å². The summed E-state index contributed by atoms with van der Waals surface area (Å²) in [4.78, 5) is 11.2. The fourth-order valence-electron chi connectivity index (χ4n) is 1.91. The van der Waals surface area contributed by atoms with Gasteiger partial charge in [0.15, 0.2) is 0 Å². The molecule has 0 bridgehead atoms. The van der Waals surface area contributed by atoms with Crippen LogP contribution in [0.15, 0.2) is 16.3 Å². The van der Waals surface area contributed by atoms with Gasteiger partial charge in [-0.3, -0.25) is 4.79 Å². The Morgan fingerprint density at radius 3 is 2.52 bits per heavy atom. The lowest BCUT2D eigenvalue weighted by Gasteiger charge is -2.25. The van der Waals surface area contributed by atoms with E-state index >= 15 is 0 Å². The van der Waals surface area contributed by atoms with E-state index in [2.05, 4.69) is 4.72 Å². The third-order valence-electron chi connectivity index (χ3n) is 2.56. The number of nitrogens with one attached hydrogen (secondary N) is 1. The molecule has 0 aliphatic rings. The van der Waals surface area contributed by atoms with E-state index in [0.717, 1.165) is 11.3 Å². The van der Waals surface area contributed by atoms with Crippen LogP contribution >= 0.6 is 11.3 Å². The molecule has 0 saturated heterocycles. The van der Waals surface area contributed by atoms with Crippen molar-refractivity contribution in [2.75, 3.05) is 0 Å². The van der Waals surface area contributed by atoms with E-state index in [9.17, 15) is 13.2 Å². The summed E-state index contributed by atoms with van der Waals surface area (Å²) in [6.45, 7) is 5.74. The van der Waals surface area contributed by atoms with Gasteiger partial charge < -0.3 is 5.11 Å². The SMILES string of the molecule is CC(C)(C)CC(CC(=O)O)NS(=O)(=O)c1ccc(C#N)s1. The zero-order valence-electron chi connectivity index (χ0n) is 12.1. The monoisotopic (exact) mass is 330 g/mol. The van der Waals surface area contributed by atoms with Gasteiger partial charge in [-0.05, 0) is 24.0 Å². The summed E-state index contributed by atoms with van der Waals surface area (Å²) in [5.74, 6) is -1.06. The number of nitriles is 1. The normalized spacial score (nSPS) is 13.6. The fraction of sp³-hybridized carbons (Fsp3) is 0.538. The molecule has 1 rings (SSSR count). The van der Waals surface area contributed by atoms with Gasteiger partial charge in [0.2, 0.25) is 10.0 Å². The van der Waals surface area contributed by atoms with Gasteiger partial charge >= 0.3 is 5.97 Å². The van der Waals surface area contributed by atoms with Crippen LogP contribution in [0.25, 0.3) is 0 Å². The lowest BCUT2D eigenvalue weighted by molar-refractivity contribution is -0.137. The topological polar surface area (TPSA) is 107 Å². The number of thiophene rings is 1. The maximum Gasteiger partial charge on any atom is 0.304 e. The second-order valence-electron chi connectivity index (χ2n) is 5.91. The molecule has 2 N–H and O–H groups in total. The van der Waals surface area contributed by atoms with E-state index in [4.69, 9.17) is 10.4 Å². The van der Waals surface area contributed by atoms with Crippen molar-refractivity contribution in [3.8, 4) is 6.07 Å². The predicted molar refractivity (Wildman–Crippen MR) is 79.5 cm³/mol. The third kappa shape index (κ3) is 5.83. The minimum absolute atomic E-state index is 0.0170. The van der Waals surface area contributed by atoms with E-state index in [0.29, 0.717) is 11.3 Å². The van der Waals surface area contributed by atoms with Crippen molar-refractivity contribution in [2.45, 2.75) is 43.9 Å². The smallest absolute Gasteiger partial charge is 0.304 e. The summed E-state index contributed by atoms with van der Waals surface area (Å²) < 4.78 is 26.9. The molecule has 1 atom stereocenters. The Bertz CT molecular complexity index is 650. The zero-order valence-corrected chi connectivity index (χ0v) is 13.7. The minimum atomic E-state index is -3.81. The van der Waals surface area contributed by atoms with Crippen molar-refractivity contribution in [3.63, 3.8) is 0 Å². The van der Waals surface area contributed by atoms with E-state index in [-0.39, 0.29) is 16.0 Å². The molecule has 116 valence electrons. The molecule has 0 radical (unpaired) electrons. The van der Waals surface area contributed by atoms with E-state index in [1.165, 1.54) is 12.1 Å². The average molecular weight is 330 g/mol. The largest absolute Gasteiger partial charge is 0.481 e. The van der Waals surface area contributed by atoms with Gasteiger partial charge in [-0.25, -0.2) is 13.1 Å². The van der Waals surface area contributed by atoms with Gasteiger partial charge in [0.05, 0.1) is 6.42 Å². The van der Waals surface area contributed by atoms with Gasteiger partial charge in [-0.15, -0.1) is 11.3 Å². The molecule has 8 heteroatoms. The highest BCUT2D eigenvalue weighted by Gasteiger charge is 2.27. The van der Waals surface area contributed by atoms with Crippen molar-refractivity contribution in [2.24, 2.45) is 5.41 Å². The van der Waals surface area contributed by atoms with Crippen LogP contribution < -0.4 is 4.72 Å². The molecule has 0 aliphatic heterocycles. The molecule has 1 heterocycles. The summed E-state index contributed by atoms with van der Waals surface area (Å²) in [6, 6.07) is 3.95. The highest BCUT2D eigenvalue weighted by Crippen LogP contribution is 2.25. The molecule has 6 nitrogen and oxygen atoms in total. The van der Waals surface area contributed by atoms with Crippen molar-refractivity contribution < 1.29 is 18.3 Å². The van der Waals surface area contributed by atoms with Crippen molar-refractivity contribution in [3.05, 3.63) is 17.0 Å². The first-order valence-corrected chi connectivity index (χ1v) is 8.57. The van der Waals surface area contributed by atoms with Crippen molar-refractivity contribution >= 4 is 27.3 Å². The molecule has 0 saturated carbocycles. The van der Waals surface area contributed by atoms with Gasteiger partial charge in [0, 0.05) is 6.04 Å². The molecule has 0 amide bonds. The Morgan fingerprint density at radius 2 is 2.10 bits per heavy atom. The Morgan fingerprint density at radius 1 is 1.48 bits per heavy atom. The molecular formula is C13H18N2O4S2. The number of sulfonamides is 1. The van der Waals surface area contributed by atoms with Crippen molar-refractivity contribution in [1.29, 1.82) is 5.26 Å². The van der Waals surface area contributed by atoms with E-state index in [1.807, 2.05) is 26.8 Å². The standard InChI is InChI=1S/C13H18N2O4S2/c1-13(2,3)7-9(6-11(16)17)15-21(18,19)12-5-4-10(8-14)20-12/h4-5,9,15H,6-7H2,1-3H3,(H,16,17). The zero-order chi connectivity index (χ0) is 16.3. The number of carboxylic acids is 1. The van der Waals surface area contributed by atoms with Gasteiger partial charge in [0.25, 0.3) is 0 Å². The number of nitrogens with zero attached hydrogens (tertiary/aromatic N) is 1. The summed E-state index contributed by atoms with van der Waals surface area (Å²) in [5, 5.41) is 17.7. The molecule has 1 aromatic rings. The molecular weight excluding hydrogens is 312 g/mol. The summed E-state index contributed by atoms with van der Waals surface area (Å²) in [5.41, 5.74) is -0.212. The molecule has 0 fully saturated rings. The fourth-order valence-corrected chi connectivity index (χ4v) is 4.26. The lowest BCUT2D eigenvalue weighted by atomic mass is 9.87. The Balaban J connectivity index is 2.95. The Labute approximate surface area is 128 Å². The Kier molecular flexibility index (Phi) is 5.50. The van der Waals surface area contributed by atoms with E-state index < -0.39 is 22.0 Å². The van der Waals surface area contributed by atoms with Crippen LogP contribution in [0.5, 0.6) is 0 Å². The number of carboxylic acid groups (broad SMARTS) is 1. The molecule has 0 spiro atoms.